The van der Waals surface area contributed by atoms with E-state index < -0.39 is 6.10 Å². The lowest BCUT2D eigenvalue weighted by Gasteiger charge is -2.05. The summed E-state index contributed by atoms with van der Waals surface area (Å²) in [6, 6.07) is 3.94. The van der Waals surface area contributed by atoms with Crippen LogP contribution in [0.5, 0.6) is 0 Å². The Kier molecular flexibility index (Phi) is 3.16. The van der Waals surface area contributed by atoms with E-state index in [4.69, 9.17) is 0 Å². The molecule has 19 heavy (non-hydrogen) atoms. The number of hydrogen-bond acceptors (Lipinski definition) is 5. The molecule has 1 saturated carbocycles. The molecule has 100 valence electrons. The maximum absolute atomic E-state index is 11.6. The van der Waals surface area contributed by atoms with Gasteiger partial charge in [0.25, 0.3) is 0 Å². The molecule has 2 aromatic rings. The fraction of sp³-hybridized carbons (Fsp3) is 0.417. The third-order valence-electron chi connectivity index (χ3n) is 2.98. The summed E-state index contributed by atoms with van der Waals surface area (Å²) in [5.41, 5.74) is 0.476. The first-order valence-electron chi connectivity index (χ1n) is 6.14. The molecule has 3 rings (SSSR count). The van der Waals surface area contributed by atoms with Gasteiger partial charge in [0.15, 0.2) is 5.16 Å². The van der Waals surface area contributed by atoms with Crippen LogP contribution in [0.4, 0.5) is 0 Å². The van der Waals surface area contributed by atoms with Gasteiger partial charge in [-0.1, -0.05) is 0 Å². The lowest BCUT2D eigenvalue weighted by molar-refractivity contribution is 0.194. The molecule has 2 aromatic heterocycles. The quantitative estimate of drug-likeness (QED) is 0.885. The van der Waals surface area contributed by atoms with Crippen molar-refractivity contribution in [2.75, 3.05) is 0 Å². The van der Waals surface area contributed by atoms with Gasteiger partial charge in [-0.15, -0.1) is 5.10 Å². The molecule has 2 heterocycles. The maximum atomic E-state index is 11.6. The van der Waals surface area contributed by atoms with Crippen molar-refractivity contribution in [3.63, 3.8) is 0 Å². The third-order valence-corrected chi connectivity index (χ3v) is 3.93. The zero-order valence-corrected chi connectivity index (χ0v) is 11.2. The zero-order valence-electron chi connectivity index (χ0n) is 10.4. The Morgan fingerprint density at radius 3 is 2.89 bits per heavy atom. The first-order chi connectivity index (χ1) is 9.15. The monoisotopic (exact) mass is 278 g/mol. The van der Waals surface area contributed by atoms with Crippen LogP contribution >= 0.6 is 11.8 Å². The van der Waals surface area contributed by atoms with Crippen LogP contribution in [-0.4, -0.2) is 24.9 Å². The molecule has 1 fully saturated rings. The van der Waals surface area contributed by atoms with Crippen molar-refractivity contribution >= 4 is 11.8 Å². The molecule has 1 atom stereocenters. The maximum Gasteiger partial charge on any atom is 0.344 e. The van der Waals surface area contributed by atoms with Gasteiger partial charge in [-0.25, -0.2) is 9.89 Å². The fourth-order valence-electron chi connectivity index (χ4n) is 1.82. The Labute approximate surface area is 113 Å². The second-order valence-corrected chi connectivity index (χ2v) is 5.65. The highest BCUT2D eigenvalue weighted by Crippen LogP contribution is 2.37. The van der Waals surface area contributed by atoms with E-state index in [0.717, 1.165) is 17.7 Å². The van der Waals surface area contributed by atoms with E-state index in [2.05, 4.69) is 15.2 Å². The zero-order chi connectivity index (χ0) is 13.4. The minimum Gasteiger partial charge on any atom is -0.387 e. The summed E-state index contributed by atoms with van der Waals surface area (Å²) in [4.78, 5) is 16.7. The summed E-state index contributed by atoms with van der Waals surface area (Å²) in [7, 11) is 0. The number of rotatable bonds is 4. The number of nitrogens with one attached hydrogen (secondary N) is 1. The Bertz CT molecular complexity index is 628. The third kappa shape index (κ3) is 2.57. The van der Waals surface area contributed by atoms with Crippen molar-refractivity contribution in [3.8, 4) is 0 Å². The highest BCUT2D eigenvalue weighted by atomic mass is 32.2. The fourth-order valence-corrected chi connectivity index (χ4v) is 2.70. The molecule has 0 amide bonds. The van der Waals surface area contributed by atoms with Crippen LogP contribution in [0, 0.1) is 0 Å². The van der Waals surface area contributed by atoms with Crippen molar-refractivity contribution in [3.05, 3.63) is 34.5 Å². The Hall–Kier alpha value is -1.60. The first-order valence-corrected chi connectivity index (χ1v) is 6.95. The van der Waals surface area contributed by atoms with E-state index in [0.29, 0.717) is 16.9 Å². The van der Waals surface area contributed by atoms with Crippen LogP contribution in [-0.2, 0) is 0 Å². The first kappa shape index (κ1) is 12.4. The lowest BCUT2D eigenvalue weighted by atomic mass is 10.2. The van der Waals surface area contributed by atoms with E-state index in [1.165, 1.54) is 11.8 Å². The molecular weight excluding hydrogens is 264 g/mol. The molecular formula is C12H14N4O2S. The molecule has 1 aliphatic carbocycles. The predicted octanol–water partition coefficient (Wildman–Crippen LogP) is 1.51. The van der Waals surface area contributed by atoms with E-state index in [-0.39, 0.29) is 5.69 Å². The highest BCUT2D eigenvalue weighted by molar-refractivity contribution is 7.99. The number of aliphatic hydroxyl groups is 1. The largest absolute Gasteiger partial charge is 0.387 e. The average molecular weight is 278 g/mol. The lowest BCUT2D eigenvalue weighted by Crippen LogP contribution is -2.15. The Balaban J connectivity index is 1.83. The number of nitrogens with zero attached hydrogens (tertiary/aromatic N) is 3. The molecule has 7 heteroatoms. The smallest absolute Gasteiger partial charge is 0.344 e. The number of H-pyrrole nitrogens is 1. The van der Waals surface area contributed by atoms with Gasteiger partial charge in [-0.2, -0.15) is 0 Å². The minimum atomic E-state index is -0.575. The molecule has 6 nitrogen and oxygen atoms in total. The topological polar surface area (TPSA) is 83.8 Å². The van der Waals surface area contributed by atoms with Gasteiger partial charge in [0.1, 0.15) is 0 Å². The SMILES string of the molecule is C[C@@H](O)c1ccc(Sc2n[nH]c(=O)n2C2CC2)cn1. The van der Waals surface area contributed by atoms with Gasteiger partial charge >= 0.3 is 5.69 Å². The van der Waals surface area contributed by atoms with Gasteiger partial charge in [0.2, 0.25) is 0 Å². The predicted molar refractivity (Wildman–Crippen MR) is 70.1 cm³/mol. The summed E-state index contributed by atoms with van der Waals surface area (Å²) in [6.45, 7) is 1.67. The normalized spacial score (nSPS) is 16.5. The van der Waals surface area contributed by atoms with Crippen molar-refractivity contribution in [1.82, 2.24) is 19.7 Å². The van der Waals surface area contributed by atoms with Crippen molar-refractivity contribution in [2.24, 2.45) is 0 Å². The van der Waals surface area contributed by atoms with Crippen LogP contribution in [0.2, 0.25) is 0 Å². The van der Waals surface area contributed by atoms with E-state index in [1.54, 1.807) is 23.8 Å². The molecule has 0 aromatic carbocycles. The molecule has 1 aliphatic rings. The molecule has 0 spiro atoms. The summed E-state index contributed by atoms with van der Waals surface area (Å²) in [6.07, 6.45) is 3.18. The second kappa shape index (κ2) is 4.82. The van der Waals surface area contributed by atoms with Crippen LogP contribution < -0.4 is 5.69 Å². The summed E-state index contributed by atoms with van der Waals surface area (Å²) >= 11 is 1.40. The second-order valence-electron chi connectivity index (χ2n) is 4.61. The van der Waals surface area contributed by atoms with E-state index in [1.807, 2.05) is 6.07 Å². The van der Waals surface area contributed by atoms with Gasteiger partial charge in [-0.05, 0) is 43.7 Å². The van der Waals surface area contributed by atoms with Gasteiger partial charge < -0.3 is 5.11 Å². The van der Waals surface area contributed by atoms with Crippen LogP contribution in [0.3, 0.4) is 0 Å². The van der Waals surface area contributed by atoms with Gasteiger partial charge in [-0.3, -0.25) is 9.55 Å². The minimum absolute atomic E-state index is 0.154. The van der Waals surface area contributed by atoms with E-state index >= 15 is 0 Å². The van der Waals surface area contributed by atoms with Crippen molar-refractivity contribution in [1.29, 1.82) is 0 Å². The summed E-state index contributed by atoms with van der Waals surface area (Å²) in [5, 5.41) is 16.6. The van der Waals surface area contributed by atoms with Gasteiger partial charge in [0.05, 0.1) is 11.8 Å². The number of pyridine rings is 1. The van der Waals surface area contributed by atoms with E-state index in [9.17, 15) is 9.90 Å². The van der Waals surface area contributed by atoms with Crippen molar-refractivity contribution in [2.45, 2.75) is 42.0 Å². The summed E-state index contributed by atoms with van der Waals surface area (Å²) < 4.78 is 1.70. The average Bonchev–Trinajstić information content (AvgIpc) is 3.16. The van der Waals surface area contributed by atoms with Crippen LogP contribution in [0.25, 0.3) is 0 Å². The number of hydrogen-bond donors (Lipinski definition) is 2. The standard InChI is InChI=1S/C12H14N4O2S/c1-7(17)10-5-4-9(6-13-10)19-12-15-14-11(18)16(12)8-2-3-8/h4-8,17H,2-3H2,1H3,(H,14,18)/t7-/m1/s1. The molecule has 0 saturated heterocycles. The van der Waals surface area contributed by atoms with Crippen LogP contribution in [0.1, 0.15) is 37.6 Å². The number of aliphatic hydroxyl groups excluding tert-OH is 1. The Morgan fingerprint density at radius 2 is 2.32 bits per heavy atom. The van der Waals surface area contributed by atoms with Gasteiger partial charge in [0, 0.05) is 17.1 Å². The Morgan fingerprint density at radius 1 is 1.53 bits per heavy atom. The molecule has 0 aliphatic heterocycles. The number of aromatic amines is 1. The summed E-state index contributed by atoms with van der Waals surface area (Å²) in [5.74, 6) is 0. The van der Waals surface area contributed by atoms with Crippen molar-refractivity contribution < 1.29 is 5.11 Å². The molecule has 0 radical (unpaired) electrons. The molecule has 2 N–H and O–H groups in total. The highest BCUT2D eigenvalue weighted by Gasteiger charge is 2.28. The number of aromatic nitrogens is 4. The molecule has 0 unspecified atom stereocenters. The van der Waals surface area contributed by atoms with Crippen LogP contribution in [0.15, 0.2) is 33.2 Å². The molecule has 0 bridgehead atoms.